The summed E-state index contributed by atoms with van der Waals surface area (Å²) in [6, 6.07) is 9.62. The molecule has 1 aromatic rings. The molecular formula is C14H21NO. The molecule has 1 aromatic carbocycles. The van der Waals surface area contributed by atoms with Gasteiger partial charge in [0.25, 0.3) is 0 Å². The largest absolute Gasteiger partial charge is 0.328 e. The highest BCUT2D eigenvalue weighted by Gasteiger charge is 2.05. The number of benzene rings is 1. The minimum atomic E-state index is 0.525. The van der Waals surface area contributed by atoms with E-state index in [0.717, 1.165) is 11.8 Å². The first-order valence-electron chi connectivity index (χ1n) is 6.08. The van der Waals surface area contributed by atoms with Gasteiger partial charge in [-0.05, 0) is 12.8 Å². The van der Waals surface area contributed by atoms with Gasteiger partial charge in [0.2, 0.25) is 0 Å². The van der Waals surface area contributed by atoms with Crippen molar-refractivity contribution in [3.63, 3.8) is 0 Å². The summed E-state index contributed by atoms with van der Waals surface area (Å²) in [4.78, 5) is 10.0. The van der Waals surface area contributed by atoms with Crippen molar-refractivity contribution in [1.29, 1.82) is 0 Å². The molecule has 0 saturated heterocycles. The van der Waals surface area contributed by atoms with Gasteiger partial charge in [0.05, 0.1) is 0 Å². The molecule has 0 bridgehead atoms. The van der Waals surface area contributed by atoms with E-state index in [0.29, 0.717) is 6.04 Å². The molecule has 0 aromatic heterocycles. The van der Waals surface area contributed by atoms with E-state index in [9.17, 15) is 4.79 Å². The Balaban J connectivity index is 0.000000160. The Kier molecular flexibility index (Phi) is 6.50. The molecule has 0 unspecified atom stereocenters. The minimum Gasteiger partial charge on any atom is -0.328 e. The highest BCUT2D eigenvalue weighted by atomic mass is 16.1. The highest BCUT2D eigenvalue weighted by molar-refractivity contribution is 5.74. The van der Waals surface area contributed by atoms with Gasteiger partial charge in [0.15, 0.2) is 0 Å². The van der Waals surface area contributed by atoms with Gasteiger partial charge in [-0.2, -0.15) is 0 Å². The molecule has 1 aliphatic rings. The fraction of sp³-hybridized carbons (Fsp3) is 0.500. The lowest BCUT2D eigenvalue weighted by Gasteiger charge is -2.03. The van der Waals surface area contributed by atoms with E-state index in [1.54, 1.807) is 12.1 Å². The lowest BCUT2D eigenvalue weighted by atomic mass is 10.1. The number of rotatable bonds is 1. The van der Waals surface area contributed by atoms with Crippen LogP contribution in [0.1, 0.15) is 48.9 Å². The molecule has 0 aliphatic heterocycles. The normalized spacial score (nSPS) is 16.8. The summed E-state index contributed by atoms with van der Waals surface area (Å²) in [6.07, 6.45) is 8.91. The summed E-state index contributed by atoms with van der Waals surface area (Å²) in [5.41, 5.74) is 6.46. The van der Waals surface area contributed by atoms with Crippen LogP contribution in [0.2, 0.25) is 0 Å². The predicted molar refractivity (Wildman–Crippen MR) is 67.5 cm³/mol. The highest BCUT2D eigenvalue weighted by Crippen LogP contribution is 2.14. The molecule has 2 heteroatoms. The van der Waals surface area contributed by atoms with Crippen molar-refractivity contribution in [2.24, 2.45) is 5.73 Å². The summed E-state index contributed by atoms with van der Waals surface area (Å²) < 4.78 is 0. The van der Waals surface area contributed by atoms with E-state index >= 15 is 0 Å². The molecule has 88 valence electrons. The Morgan fingerprint density at radius 2 is 1.56 bits per heavy atom. The second-order valence-electron chi connectivity index (χ2n) is 4.28. The molecule has 0 atom stereocenters. The first kappa shape index (κ1) is 12.9. The van der Waals surface area contributed by atoms with Crippen molar-refractivity contribution in [3.05, 3.63) is 35.9 Å². The third kappa shape index (κ3) is 5.66. The van der Waals surface area contributed by atoms with E-state index in [2.05, 4.69) is 0 Å². The van der Waals surface area contributed by atoms with Crippen molar-refractivity contribution in [2.75, 3.05) is 0 Å². The molecule has 1 saturated carbocycles. The maximum atomic E-state index is 10.0. The molecule has 1 aliphatic carbocycles. The quantitative estimate of drug-likeness (QED) is 0.582. The standard InChI is InChI=1S/C7H15N.C7H6O/c8-7-5-3-1-2-4-6-7;8-6-7-4-2-1-3-5-7/h7H,1-6,8H2;1-6H. The number of carbonyl (C=O) groups excluding carboxylic acids is 1. The van der Waals surface area contributed by atoms with Crippen LogP contribution in [0.25, 0.3) is 0 Å². The first-order valence-corrected chi connectivity index (χ1v) is 6.08. The Morgan fingerprint density at radius 3 is 2.00 bits per heavy atom. The monoisotopic (exact) mass is 219 g/mol. The van der Waals surface area contributed by atoms with Crippen LogP contribution < -0.4 is 5.73 Å². The van der Waals surface area contributed by atoms with E-state index in [4.69, 9.17) is 5.73 Å². The van der Waals surface area contributed by atoms with Crippen LogP contribution in [0.5, 0.6) is 0 Å². The Bertz CT molecular complexity index is 276. The second kappa shape index (κ2) is 8.05. The Morgan fingerprint density at radius 1 is 1.00 bits per heavy atom. The van der Waals surface area contributed by atoms with Crippen LogP contribution in [-0.2, 0) is 0 Å². The number of hydrogen-bond acceptors (Lipinski definition) is 2. The van der Waals surface area contributed by atoms with Crippen LogP contribution in [0, 0.1) is 0 Å². The van der Waals surface area contributed by atoms with Crippen LogP contribution in [-0.4, -0.2) is 12.3 Å². The molecule has 2 nitrogen and oxygen atoms in total. The molecule has 1 fully saturated rings. The van der Waals surface area contributed by atoms with Gasteiger partial charge in [-0.3, -0.25) is 4.79 Å². The van der Waals surface area contributed by atoms with E-state index in [-0.39, 0.29) is 0 Å². The average molecular weight is 219 g/mol. The SMILES string of the molecule is NC1CCCCCC1.O=Cc1ccccc1. The smallest absolute Gasteiger partial charge is 0.150 e. The summed E-state index contributed by atoms with van der Waals surface area (Å²) >= 11 is 0. The van der Waals surface area contributed by atoms with E-state index in [1.807, 2.05) is 18.2 Å². The number of hydrogen-bond donors (Lipinski definition) is 1. The van der Waals surface area contributed by atoms with Gasteiger partial charge in [-0.15, -0.1) is 0 Å². The van der Waals surface area contributed by atoms with Gasteiger partial charge in [-0.25, -0.2) is 0 Å². The molecule has 2 rings (SSSR count). The van der Waals surface area contributed by atoms with Crippen molar-refractivity contribution in [3.8, 4) is 0 Å². The van der Waals surface area contributed by atoms with Gasteiger partial charge >= 0.3 is 0 Å². The molecule has 0 amide bonds. The summed E-state index contributed by atoms with van der Waals surface area (Å²) in [5.74, 6) is 0. The number of nitrogens with two attached hydrogens (primary N) is 1. The Labute approximate surface area is 97.9 Å². The lowest BCUT2D eigenvalue weighted by molar-refractivity contribution is 0.112. The van der Waals surface area contributed by atoms with E-state index < -0.39 is 0 Å². The fourth-order valence-electron chi connectivity index (χ4n) is 1.84. The van der Waals surface area contributed by atoms with Gasteiger partial charge in [-0.1, -0.05) is 56.0 Å². The van der Waals surface area contributed by atoms with Crippen LogP contribution in [0.3, 0.4) is 0 Å². The van der Waals surface area contributed by atoms with Crippen molar-refractivity contribution in [2.45, 2.75) is 44.6 Å². The minimum absolute atomic E-state index is 0.525. The predicted octanol–water partition coefficient (Wildman–Crippen LogP) is 3.17. The maximum absolute atomic E-state index is 10.0. The van der Waals surface area contributed by atoms with Gasteiger partial charge in [0, 0.05) is 11.6 Å². The van der Waals surface area contributed by atoms with Gasteiger partial charge in [0.1, 0.15) is 6.29 Å². The number of carbonyl (C=O) groups is 1. The first-order chi connectivity index (χ1) is 7.83. The average Bonchev–Trinajstić information content (AvgIpc) is 2.59. The fourth-order valence-corrected chi connectivity index (χ4v) is 1.84. The van der Waals surface area contributed by atoms with Crippen molar-refractivity contribution < 1.29 is 4.79 Å². The van der Waals surface area contributed by atoms with Crippen LogP contribution in [0.15, 0.2) is 30.3 Å². The molecule has 16 heavy (non-hydrogen) atoms. The molecule has 0 radical (unpaired) electrons. The van der Waals surface area contributed by atoms with Crippen LogP contribution in [0.4, 0.5) is 0 Å². The molecule has 2 N–H and O–H groups in total. The zero-order valence-corrected chi connectivity index (χ0v) is 9.77. The third-order valence-corrected chi connectivity index (χ3v) is 2.84. The second-order valence-corrected chi connectivity index (χ2v) is 4.28. The lowest BCUT2D eigenvalue weighted by Crippen LogP contribution is -2.17. The van der Waals surface area contributed by atoms with Crippen molar-refractivity contribution >= 4 is 6.29 Å². The summed E-state index contributed by atoms with van der Waals surface area (Å²) in [5, 5.41) is 0. The molecular weight excluding hydrogens is 198 g/mol. The van der Waals surface area contributed by atoms with E-state index in [1.165, 1.54) is 38.5 Å². The topological polar surface area (TPSA) is 43.1 Å². The molecule has 0 heterocycles. The summed E-state index contributed by atoms with van der Waals surface area (Å²) in [7, 11) is 0. The Hall–Kier alpha value is -1.15. The zero-order chi connectivity index (χ0) is 11.6. The zero-order valence-electron chi connectivity index (χ0n) is 9.77. The van der Waals surface area contributed by atoms with Crippen molar-refractivity contribution in [1.82, 2.24) is 0 Å². The van der Waals surface area contributed by atoms with Crippen LogP contribution >= 0.6 is 0 Å². The molecule has 0 spiro atoms. The summed E-state index contributed by atoms with van der Waals surface area (Å²) in [6.45, 7) is 0. The number of aldehydes is 1. The van der Waals surface area contributed by atoms with Gasteiger partial charge < -0.3 is 5.73 Å². The maximum Gasteiger partial charge on any atom is 0.150 e. The third-order valence-electron chi connectivity index (χ3n) is 2.84.